The normalized spacial score (nSPS) is 11.2. The highest BCUT2D eigenvalue weighted by Gasteiger charge is 2.21. The Morgan fingerprint density at radius 2 is 1.93 bits per heavy atom. The molecule has 0 saturated heterocycles. The number of carbonyl (C=O) groups is 1. The lowest BCUT2D eigenvalue weighted by Gasteiger charge is -2.13. The topological polar surface area (TPSA) is 112 Å². The van der Waals surface area contributed by atoms with Gasteiger partial charge in [-0.25, -0.2) is 19.1 Å². The number of aromatic carboxylic acids is 1. The van der Waals surface area contributed by atoms with E-state index in [2.05, 4.69) is 16.9 Å². The van der Waals surface area contributed by atoms with Crippen molar-refractivity contribution < 1.29 is 9.90 Å². The molecule has 0 atom stereocenters. The average molecular weight is 385 g/mol. The van der Waals surface area contributed by atoms with Crippen molar-refractivity contribution in [2.45, 2.75) is 45.6 Å². The second kappa shape index (κ2) is 8.20. The van der Waals surface area contributed by atoms with Crippen molar-refractivity contribution in [1.29, 1.82) is 0 Å². The summed E-state index contributed by atoms with van der Waals surface area (Å²) in [5.74, 6) is -1.26. The molecule has 9 heteroatoms. The van der Waals surface area contributed by atoms with Gasteiger partial charge in [-0.1, -0.05) is 32.6 Å². The molecule has 0 aliphatic heterocycles. The minimum absolute atomic E-state index is 0.000308. The fourth-order valence-electron chi connectivity index (χ4n) is 3.30. The van der Waals surface area contributed by atoms with E-state index in [9.17, 15) is 19.5 Å². The van der Waals surface area contributed by atoms with Crippen molar-refractivity contribution in [1.82, 2.24) is 23.7 Å². The number of carboxylic acid groups (broad SMARTS) is 1. The van der Waals surface area contributed by atoms with Gasteiger partial charge in [0, 0.05) is 26.0 Å². The van der Waals surface area contributed by atoms with E-state index < -0.39 is 17.2 Å². The molecule has 0 aromatic carbocycles. The zero-order chi connectivity index (χ0) is 20.3. The van der Waals surface area contributed by atoms with E-state index in [4.69, 9.17) is 0 Å². The molecule has 0 radical (unpaired) electrons. The number of rotatable bonds is 8. The third-order valence-corrected chi connectivity index (χ3v) is 4.76. The van der Waals surface area contributed by atoms with Gasteiger partial charge in [0.15, 0.2) is 11.2 Å². The lowest BCUT2D eigenvalue weighted by atomic mass is 10.1. The van der Waals surface area contributed by atoms with Gasteiger partial charge >= 0.3 is 11.7 Å². The molecule has 0 unspecified atom stereocenters. The molecule has 148 valence electrons. The summed E-state index contributed by atoms with van der Waals surface area (Å²) in [7, 11) is 1.67. The largest absolute Gasteiger partial charge is 0.478 e. The lowest BCUT2D eigenvalue weighted by Crippen LogP contribution is -2.40. The van der Waals surface area contributed by atoms with E-state index >= 15 is 0 Å². The summed E-state index contributed by atoms with van der Waals surface area (Å²) in [6.07, 6.45) is 9.02. The molecule has 3 heterocycles. The van der Waals surface area contributed by atoms with Crippen molar-refractivity contribution in [3.05, 3.63) is 51.2 Å². The van der Waals surface area contributed by atoms with Crippen LogP contribution in [0.15, 0.2) is 34.4 Å². The molecule has 0 aliphatic rings. The number of pyridine rings is 1. The smallest absolute Gasteiger partial charge is 0.339 e. The Morgan fingerprint density at radius 3 is 2.64 bits per heavy atom. The Balaban J connectivity index is 2.19. The molecule has 0 amide bonds. The van der Waals surface area contributed by atoms with Crippen molar-refractivity contribution >= 4 is 17.1 Å². The van der Waals surface area contributed by atoms with Gasteiger partial charge in [0.1, 0.15) is 5.56 Å². The number of aryl methyl sites for hydroxylation is 2. The Morgan fingerprint density at radius 1 is 1.18 bits per heavy atom. The first-order chi connectivity index (χ1) is 13.5. The first-order valence-electron chi connectivity index (χ1n) is 9.32. The number of hydrogen-bond acceptors (Lipinski definition) is 5. The summed E-state index contributed by atoms with van der Waals surface area (Å²) in [5, 5.41) is 9.45. The van der Waals surface area contributed by atoms with E-state index in [0.29, 0.717) is 12.2 Å². The van der Waals surface area contributed by atoms with E-state index in [1.807, 2.05) is 0 Å². The molecule has 3 aromatic heterocycles. The highest BCUT2D eigenvalue weighted by atomic mass is 16.4. The summed E-state index contributed by atoms with van der Waals surface area (Å²) in [4.78, 5) is 45.8. The van der Waals surface area contributed by atoms with E-state index in [1.165, 1.54) is 23.2 Å². The molecule has 0 saturated carbocycles. The standard InChI is InChI=1S/C19H23N5O4/c1-3-4-5-6-7-10-23-16-15(22(2)12-21-16)17(25)24(19(23)28)14-8-9-20-11-13(14)18(26)27/h8-9,11-12H,3-7,10H2,1-2H3,(H,26,27). The van der Waals surface area contributed by atoms with Crippen LogP contribution >= 0.6 is 0 Å². The molecule has 28 heavy (non-hydrogen) atoms. The molecule has 0 aliphatic carbocycles. The molecule has 0 spiro atoms. The number of nitrogens with zero attached hydrogens (tertiary/aromatic N) is 5. The summed E-state index contributed by atoms with van der Waals surface area (Å²) in [5.41, 5.74) is -0.842. The maximum absolute atomic E-state index is 13.2. The molecular weight excluding hydrogens is 362 g/mol. The SMILES string of the molecule is CCCCCCCn1c(=O)n(-c2ccncc2C(=O)O)c(=O)c2c1ncn2C. The first-order valence-corrected chi connectivity index (χ1v) is 9.32. The predicted octanol–water partition coefficient (Wildman–Crippen LogP) is 1.95. The molecule has 3 aromatic rings. The van der Waals surface area contributed by atoms with Crippen LogP contribution < -0.4 is 11.2 Å². The van der Waals surface area contributed by atoms with Gasteiger partial charge in [0.05, 0.1) is 12.0 Å². The lowest BCUT2D eigenvalue weighted by molar-refractivity contribution is 0.0696. The molecule has 9 nitrogen and oxygen atoms in total. The number of aromatic nitrogens is 5. The fourth-order valence-corrected chi connectivity index (χ4v) is 3.30. The number of hydrogen-bond donors (Lipinski definition) is 1. The maximum atomic E-state index is 13.2. The second-order valence-electron chi connectivity index (χ2n) is 6.71. The van der Waals surface area contributed by atoms with Crippen LogP contribution in [0.4, 0.5) is 0 Å². The quantitative estimate of drug-likeness (QED) is 0.593. The predicted molar refractivity (Wildman–Crippen MR) is 104 cm³/mol. The number of fused-ring (bicyclic) bond motifs is 1. The monoisotopic (exact) mass is 385 g/mol. The minimum Gasteiger partial charge on any atom is -0.478 e. The summed E-state index contributed by atoms with van der Waals surface area (Å²) < 4.78 is 3.90. The van der Waals surface area contributed by atoms with Crippen molar-refractivity contribution in [3.63, 3.8) is 0 Å². The van der Waals surface area contributed by atoms with Gasteiger partial charge in [0.2, 0.25) is 0 Å². The second-order valence-corrected chi connectivity index (χ2v) is 6.71. The summed E-state index contributed by atoms with van der Waals surface area (Å²) in [6.45, 7) is 2.54. The van der Waals surface area contributed by atoms with Gasteiger partial charge in [-0.2, -0.15) is 0 Å². The Hall–Kier alpha value is -3.23. The molecule has 0 bridgehead atoms. The van der Waals surface area contributed by atoms with Crippen molar-refractivity contribution in [2.75, 3.05) is 0 Å². The molecular formula is C19H23N5O4. The molecule has 0 fully saturated rings. The third-order valence-electron chi connectivity index (χ3n) is 4.76. The van der Waals surface area contributed by atoms with Crippen LogP contribution in [0.25, 0.3) is 16.9 Å². The van der Waals surface area contributed by atoms with Gasteiger partial charge in [-0.3, -0.25) is 14.3 Å². The first kappa shape index (κ1) is 19.5. The Kier molecular flexibility index (Phi) is 5.72. The van der Waals surface area contributed by atoms with Crippen LogP contribution in [0.5, 0.6) is 0 Å². The van der Waals surface area contributed by atoms with Crippen LogP contribution in [0.1, 0.15) is 49.4 Å². The van der Waals surface area contributed by atoms with Crippen molar-refractivity contribution in [2.24, 2.45) is 7.05 Å². The summed E-state index contributed by atoms with van der Waals surface area (Å²) in [6, 6.07) is 1.36. The minimum atomic E-state index is -1.26. The van der Waals surface area contributed by atoms with Crippen LogP contribution in [0, 0.1) is 0 Å². The van der Waals surface area contributed by atoms with Gasteiger partial charge < -0.3 is 9.67 Å². The zero-order valence-corrected chi connectivity index (χ0v) is 16.0. The maximum Gasteiger partial charge on any atom is 0.339 e. The van der Waals surface area contributed by atoms with E-state index in [0.717, 1.165) is 42.9 Å². The van der Waals surface area contributed by atoms with Crippen LogP contribution in [0.3, 0.4) is 0 Å². The zero-order valence-electron chi connectivity index (χ0n) is 16.0. The van der Waals surface area contributed by atoms with E-state index in [-0.39, 0.29) is 16.8 Å². The average Bonchev–Trinajstić information content (AvgIpc) is 3.06. The van der Waals surface area contributed by atoms with Gasteiger partial charge in [0.25, 0.3) is 5.56 Å². The molecule has 3 rings (SSSR count). The highest BCUT2D eigenvalue weighted by Crippen LogP contribution is 2.13. The molecule has 1 N–H and O–H groups in total. The fraction of sp³-hybridized carbons (Fsp3) is 0.421. The van der Waals surface area contributed by atoms with E-state index in [1.54, 1.807) is 11.6 Å². The number of unbranched alkanes of at least 4 members (excludes halogenated alkanes) is 4. The third kappa shape index (κ3) is 3.47. The Bertz CT molecular complexity index is 1130. The van der Waals surface area contributed by atoms with Crippen LogP contribution in [0.2, 0.25) is 0 Å². The Labute approximate surface area is 160 Å². The number of imidazole rings is 1. The van der Waals surface area contributed by atoms with Gasteiger partial charge in [-0.05, 0) is 12.5 Å². The number of carboxylic acids is 1. The highest BCUT2D eigenvalue weighted by molar-refractivity contribution is 5.91. The summed E-state index contributed by atoms with van der Waals surface area (Å²) >= 11 is 0. The van der Waals surface area contributed by atoms with Crippen molar-refractivity contribution in [3.8, 4) is 5.69 Å². The van der Waals surface area contributed by atoms with Gasteiger partial charge in [-0.15, -0.1) is 0 Å². The van der Waals surface area contributed by atoms with Crippen LogP contribution in [-0.4, -0.2) is 34.7 Å². The van der Waals surface area contributed by atoms with Crippen LogP contribution in [-0.2, 0) is 13.6 Å².